The summed E-state index contributed by atoms with van der Waals surface area (Å²) in [6.07, 6.45) is 8.20. The molecule has 2 aliphatic rings. The molecule has 0 bridgehead atoms. The van der Waals surface area contributed by atoms with Crippen molar-refractivity contribution < 1.29 is 8.78 Å². The molecule has 2 aliphatic heterocycles. The first-order valence-corrected chi connectivity index (χ1v) is 11.4. The van der Waals surface area contributed by atoms with Gasteiger partial charge >= 0.3 is 0 Å². The highest BCUT2D eigenvalue weighted by Crippen LogP contribution is 2.34. The van der Waals surface area contributed by atoms with Gasteiger partial charge in [-0.15, -0.1) is 0 Å². The summed E-state index contributed by atoms with van der Waals surface area (Å²) in [5.74, 6) is -0.548. The maximum Gasteiger partial charge on any atom is 0.225 e. The number of likely N-dealkylation sites (tertiary alicyclic amines) is 1. The van der Waals surface area contributed by atoms with Crippen LogP contribution >= 0.6 is 0 Å². The van der Waals surface area contributed by atoms with Gasteiger partial charge in [0.2, 0.25) is 5.95 Å². The van der Waals surface area contributed by atoms with Crippen LogP contribution in [0.1, 0.15) is 42.9 Å². The summed E-state index contributed by atoms with van der Waals surface area (Å²) in [4.78, 5) is 13.8. The molecule has 0 unspecified atom stereocenters. The third-order valence-corrected chi connectivity index (χ3v) is 6.48. The summed E-state index contributed by atoms with van der Waals surface area (Å²) < 4.78 is 29.7. The van der Waals surface area contributed by atoms with E-state index in [0.29, 0.717) is 12.1 Å². The molecule has 2 aromatic heterocycles. The number of benzene rings is 1. The second-order valence-electron chi connectivity index (χ2n) is 8.82. The lowest BCUT2D eigenvalue weighted by Gasteiger charge is -2.32. The van der Waals surface area contributed by atoms with E-state index in [0.717, 1.165) is 68.0 Å². The molecule has 0 spiro atoms. The zero-order valence-electron chi connectivity index (χ0n) is 18.3. The first-order valence-electron chi connectivity index (χ1n) is 11.4. The minimum atomic E-state index is -0.791. The Kier molecular flexibility index (Phi) is 5.87. The van der Waals surface area contributed by atoms with Crippen LogP contribution in [-0.2, 0) is 13.6 Å². The van der Waals surface area contributed by atoms with E-state index in [1.54, 1.807) is 12.1 Å². The van der Waals surface area contributed by atoms with E-state index in [4.69, 9.17) is 10.1 Å². The molecule has 1 aromatic carbocycles. The minimum Gasteiger partial charge on any atom is -0.341 e. The van der Waals surface area contributed by atoms with Gasteiger partial charge in [-0.25, -0.2) is 18.7 Å². The molecule has 168 valence electrons. The summed E-state index contributed by atoms with van der Waals surface area (Å²) in [6.45, 7) is 4.01. The summed E-state index contributed by atoms with van der Waals surface area (Å²) in [5.41, 5.74) is 3.33. The molecule has 1 atom stereocenters. The van der Waals surface area contributed by atoms with Gasteiger partial charge in [-0.3, -0.25) is 9.58 Å². The van der Waals surface area contributed by atoms with E-state index in [9.17, 15) is 8.78 Å². The Balaban J connectivity index is 1.38. The van der Waals surface area contributed by atoms with E-state index < -0.39 is 11.6 Å². The van der Waals surface area contributed by atoms with Crippen molar-refractivity contribution in [2.75, 3.05) is 31.1 Å². The second kappa shape index (κ2) is 8.94. The maximum atomic E-state index is 14.2. The lowest BCUT2D eigenvalue weighted by Crippen LogP contribution is -2.34. The molecule has 0 saturated carbocycles. The van der Waals surface area contributed by atoms with Gasteiger partial charge in [0.25, 0.3) is 0 Å². The average molecular weight is 439 g/mol. The standard InChI is InChI=1S/C24H28F2N6/c1-30-16-19(21-9-10-27-24(28-21)32-12-2-3-13-32)23(29-30)18-7-5-11-31(15-18)14-17-6-4-8-20(25)22(17)26/h4,6,8-10,16,18H,2-3,5,7,11-15H2,1H3/t18-/m1/s1. The Morgan fingerprint density at radius 2 is 1.91 bits per heavy atom. The molecular formula is C24H28F2N6. The molecule has 4 heterocycles. The molecule has 2 saturated heterocycles. The van der Waals surface area contributed by atoms with Crippen molar-refractivity contribution in [1.82, 2.24) is 24.6 Å². The first-order chi connectivity index (χ1) is 15.6. The van der Waals surface area contributed by atoms with Crippen molar-refractivity contribution in [2.24, 2.45) is 7.05 Å². The smallest absolute Gasteiger partial charge is 0.225 e. The first kappa shape index (κ1) is 21.0. The molecule has 3 aromatic rings. The fourth-order valence-electron chi connectivity index (χ4n) is 4.91. The number of nitrogens with zero attached hydrogens (tertiary/aromatic N) is 6. The second-order valence-corrected chi connectivity index (χ2v) is 8.82. The molecule has 6 nitrogen and oxygen atoms in total. The van der Waals surface area contributed by atoms with Crippen LogP contribution in [0.2, 0.25) is 0 Å². The van der Waals surface area contributed by atoms with Gasteiger partial charge in [0, 0.05) is 62.7 Å². The lowest BCUT2D eigenvalue weighted by atomic mass is 9.91. The van der Waals surface area contributed by atoms with E-state index >= 15 is 0 Å². The zero-order valence-corrected chi connectivity index (χ0v) is 18.3. The summed E-state index contributed by atoms with van der Waals surface area (Å²) >= 11 is 0. The molecule has 2 fully saturated rings. The molecule has 0 amide bonds. The fraction of sp³-hybridized carbons (Fsp3) is 0.458. The zero-order chi connectivity index (χ0) is 22.1. The van der Waals surface area contributed by atoms with Crippen molar-refractivity contribution in [3.05, 3.63) is 59.6 Å². The number of piperidine rings is 1. The van der Waals surface area contributed by atoms with Gasteiger partial charge in [0.05, 0.1) is 11.4 Å². The Hall–Kier alpha value is -2.87. The number of aryl methyl sites for hydroxylation is 1. The molecule has 0 aliphatic carbocycles. The topological polar surface area (TPSA) is 50.1 Å². The number of anilines is 1. The van der Waals surface area contributed by atoms with Gasteiger partial charge in [0.15, 0.2) is 11.6 Å². The van der Waals surface area contributed by atoms with Gasteiger partial charge in [-0.05, 0) is 44.4 Å². The van der Waals surface area contributed by atoms with E-state index in [1.165, 1.54) is 12.8 Å². The van der Waals surface area contributed by atoms with Crippen LogP contribution in [-0.4, -0.2) is 50.8 Å². The highest BCUT2D eigenvalue weighted by atomic mass is 19.2. The quantitative estimate of drug-likeness (QED) is 0.599. The predicted molar refractivity (Wildman–Crippen MR) is 119 cm³/mol. The number of hydrogen-bond acceptors (Lipinski definition) is 5. The molecule has 0 radical (unpaired) electrons. The molecular weight excluding hydrogens is 410 g/mol. The largest absolute Gasteiger partial charge is 0.341 e. The molecule has 8 heteroatoms. The molecule has 32 heavy (non-hydrogen) atoms. The van der Waals surface area contributed by atoms with Crippen LogP contribution in [0.25, 0.3) is 11.3 Å². The number of aromatic nitrogens is 4. The van der Waals surface area contributed by atoms with Crippen molar-refractivity contribution in [3.8, 4) is 11.3 Å². The van der Waals surface area contributed by atoms with E-state index in [2.05, 4.69) is 14.8 Å². The van der Waals surface area contributed by atoms with Gasteiger partial charge in [-0.2, -0.15) is 5.10 Å². The Morgan fingerprint density at radius 1 is 1.06 bits per heavy atom. The van der Waals surface area contributed by atoms with Gasteiger partial charge < -0.3 is 4.90 Å². The normalized spacial score (nSPS) is 19.6. The van der Waals surface area contributed by atoms with Crippen LogP contribution in [0.15, 0.2) is 36.7 Å². The number of halogens is 2. The summed E-state index contributed by atoms with van der Waals surface area (Å²) in [6, 6.07) is 6.34. The van der Waals surface area contributed by atoms with Crippen molar-refractivity contribution in [3.63, 3.8) is 0 Å². The van der Waals surface area contributed by atoms with Crippen LogP contribution in [0.3, 0.4) is 0 Å². The Labute approximate surface area is 186 Å². The van der Waals surface area contributed by atoms with Crippen LogP contribution < -0.4 is 4.90 Å². The van der Waals surface area contributed by atoms with Crippen molar-refractivity contribution in [1.29, 1.82) is 0 Å². The van der Waals surface area contributed by atoms with Crippen LogP contribution in [0.4, 0.5) is 14.7 Å². The third-order valence-electron chi connectivity index (χ3n) is 6.48. The van der Waals surface area contributed by atoms with Crippen LogP contribution in [0.5, 0.6) is 0 Å². The monoisotopic (exact) mass is 438 g/mol. The van der Waals surface area contributed by atoms with E-state index in [-0.39, 0.29) is 5.92 Å². The van der Waals surface area contributed by atoms with Crippen molar-refractivity contribution >= 4 is 5.95 Å². The highest BCUT2D eigenvalue weighted by Gasteiger charge is 2.28. The van der Waals surface area contributed by atoms with E-state index in [1.807, 2.05) is 30.2 Å². The number of hydrogen-bond donors (Lipinski definition) is 0. The third kappa shape index (κ3) is 4.24. The van der Waals surface area contributed by atoms with Gasteiger partial charge in [-0.1, -0.05) is 12.1 Å². The predicted octanol–water partition coefficient (Wildman–Crippen LogP) is 4.14. The Morgan fingerprint density at radius 3 is 2.75 bits per heavy atom. The number of rotatable bonds is 5. The lowest BCUT2D eigenvalue weighted by molar-refractivity contribution is 0.195. The Bertz CT molecular complexity index is 1090. The minimum absolute atomic E-state index is 0.210. The van der Waals surface area contributed by atoms with Crippen LogP contribution in [0, 0.1) is 11.6 Å². The molecule has 5 rings (SSSR count). The maximum absolute atomic E-state index is 14.2. The summed E-state index contributed by atoms with van der Waals surface area (Å²) in [5, 5.41) is 4.79. The summed E-state index contributed by atoms with van der Waals surface area (Å²) in [7, 11) is 1.93. The van der Waals surface area contributed by atoms with Gasteiger partial charge in [0.1, 0.15) is 0 Å². The van der Waals surface area contributed by atoms with Crippen molar-refractivity contribution in [2.45, 2.75) is 38.1 Å². The SMILES string of the molecule is Cn1cc(-c2ccnc(N3CCCC3)n2)c([C@@H]2CCCN(Cc3cccc(F)c3F)C2)n1. The highest BCUT2D eigenvalue weighted by molar-refractivity contribution is 5.63. The molecule has 0 N–H and O–H groups in total. The fourth-order valence-corrected chi connectivity index (χ4v) is 4.91. The average Bonchev–Trinajstić information content (AvgIpc) is 3.47.